The van der Waals surface area contributed by atoms with Crippen molar-refractivity contribution in [1.29, 1.82) is 0 Å². The van der Waals surface area contributed by atoms with Gasteiger partial charge in [0.2, 0.25) is 0 Å². The fraction of sp³-hybridized carbons (Fsp3) is 0.636. The first-order chi connectivity index (χ1) is 15.0. The minimum atomic E-state index is -1.93. The van der Waals surface area contributed by atoms with E-state index in [9.17, 15) is 0 Å². The molecule has 0 unspecified atom stereocenters. The number of terminal acetylenes is 1. The summed E-state index contributed by atoms with van der Waals surface area (Å²) in [4.78, 5) is 19.4. The predicted octanol–water partition coefficient (Wildman–Crippen LogP) is 3.38. The molecule has 0 radical (unpaired) electrons. The molecule has 0 aromatic carbocycles. The van der Waals surface area contributed by atoms with Gasteiger partial charge in [-0.2, -0.15) is 0 Å². The predicted molar refractivity (Wildman–Crippen MR) is 127 cm³/mol. The molecule has 3 rings (SSSR count). The van der Waals surface area contributed by atoms with Crippen LogP contribution in [0.3, 0.4) is 0 Å². The molecule has 1 saturated heterocycles. The Morgan fingerprint density at radius 2 is 2.09 bits per heavy atom. The van der Waals surface area contributed by atoms with Crippen LogP contribution in [0, 0.1) is 12.3 Å². The van der Waals surface area contributed by atoms with Gasteiger partial charge in [-0.1, -0.05) is 26.7 Å². The molecule has 2 aromatic rings. The van der Waals surface area contributed by atoms with E-state index in [1.54, 1.807) is 12.7 Å². The maximum atomic E-state index is 6.42. The summed E-state index contributed by atoms with van der Waals surface area (Å²) in [6.07, 6.45) is 10.2. The molecule has 2 aromatic heterocycles. The van der Waals surface area contributed by atoms with Gasteiger partial charge in [0.1, 0.15) is 25.3 Å². The van der Waals surface area contributed by atoms with Crippen molar-refractivity contribution in [3.8, 4) is 12.3 Å². The highest BCUT2D eigenvalue weighted by molar-refractivity contribution is 6.74. The average molecular weight is 459 g/mol. The third-order valence-electron chi connectivity index (χ3n) is 6.04. The maximum absolute atomic E-state index is 6.42. The molecule has 0 saturated carbocycles. The van der Waals surface area contributed by atoms with Crippen LogP contribution >= 0.6 is 0 Å². The first-order valence-corrected chi connectivity index (χ1v) is 13.7. The second-order valence-corrected chi connectivity index (χ2v) is 14.5. The highest BCUT2D eigenvalue weighted by Gasteiger charge is 2.42. The Kier molecular flexibility index (Phi) is 7.35. The Morgan fingerprint density at radius 1 is 1.34 bits per heavy atom. The minimum Gasteiger partial charge on any atom is -0.414 e. The van der Waals surface area contributed by atoms with Gasteiger partial charge in [-0.25, -0.2) is 19.9 Å². The summed E-state index contributed by atoms with van der Waals surface area (Å²) in [5.41, 5.74) is 1.29. The lowest BCUT2D eigenvalue weighted by Gasteiger charge is -2.37. The van der Waals surface area contributed by atoms with Crippen molar-refractivity contribution in [3.63, 3.8) is 0 Å². The molecule has 3 heterocycles. The van der Waals surface area contributed by atoms with Crippen LogP contribution in [0.4, 0.5) is 5.82 Å². The lowest BCUT2D eigenvalue weighted by Crippen LogP contribution is -2.44. The zero-order valence-electron chi connectivity index (χ0n) is 20.1. The summed E-state index contributed by atoms with van der Waals surface area (Å²) in [7, 11) is 1.87. The van der Waals surface area contributed by atoms with E-state index in [1.165, 1.54) is 6.33 Å². The summed E-state index contributed by atoms with van der Waals surface area (Å²) in [6.45, 7) is 11.8. The number of hydrogen-bond acceptors (Lipinski definition) is 7. The first-order valence-electron chi connectivity index (χ1n) is 10.8. The van der Waals surface area contributed by atoms with Crippen molar-refractivity contribution in [2.45, 2.75) is 63.8 Å². The first kappa shape index (κ1) is 24.3. The standard InChI is InChI=1S/C22H34N6O3Si/c1-9-10-29-16-11-18(31-17(16)12-30-32(7,8)22(2,3)4)28-15-25-19-20(26-14-27(5)6)23-13-24-21(19)28/h1,13-18H,10-12H2,2-8H3/t16-,17-,18-/m1/s1. The Balaban J connectivity index is 1.82. The van der Waals surface area contributed by atoms with Crippen molar-refractivity contribution in [2.24, 2.45) is 4.99 Å². The normalized spacial score (nSPS) is 22.0. The Hall–Kier alpha value is -2.32. The molecule has 32 heavy (non-hydrogen) atoms. The molecule has 0 bridgehead atoms. The molecule has 0 spiro atoms. The van der Waals surface area contributed by atoms with Crippen LogP contribution in [0.2, 0.25) is 18.1 Å². The molecule has 9 nitrogen and oxygen atoms in total. The van der Waals surface area contributed by atoms with Crippen molar-refractivity contribution in [3.05, 3.63) is 12.7 Å². The van der Waals surface area contributed by atoms with Crippen LogP contribution in [0.1, 0.15) is 33.4 Å². The molecule has 1 fully saturated rings. The summed E-state index contributed by atoms with van der Waals surface area (Å²) >= 11 is 0. The molecule has 10 heteroatoms. The van der Waals surface area contributed by atoms with Gasteiger partial charge in [0, 0.05) is 20.5 Å². The van der Waals surface area contributed by atoms with Gasteiger partial charge < -0.3 is 18.8 Å². The molecule has 3 atom stereocenters. The maximum Gasteiger partial charge on any atom is 0.192 e. The number of imidazole rings is 1. The van der Waals surface area contributed by atoms with E-state index in [1.807, 2.05) is 23.6 Å². The molecular formula is C22H34N6O3Si. The van der Waals surface area contributed by atoms with Gasteiger partial charge in [0.25, 0.3) is 0 Å². The number of nitrogens with zero attached hydrogens (tertiary/aromatic N) is 6. The topological polar surface area (TPSA) is 86.9 Å². The van der Waals surface area contributed by atoms with Crippen LogP contribution in [-0.2, 0) is 13.9 Å². The average Bonchev–Trinajstić information content (AvgIpc) is 3.32. The third kappa shape index (κ3) is 5.35. The molecule has 0 N–H and O–H groups in total. The number of hydrogen-bond donors (Lipinski definition) is 0. The minimum absolute atomic E-state index is 0.112. The summed E-state index contributed by atoms with van der Waals surface area (Å²) in [5, 5.41) is 0.112. The largest absolute Gasteiger partial charge is 0.414 e. The van der Waals surface area contributed by atoms with Gasteiger partial charge in [-0.05, 0) is 18.1 Å². The molecule has 1 aliphatic rings. The fourth-order valence-corrected chi connectivity index (χ4v) is 4.19. The van der Waals surface area contributed by atoms with Gasteiger partial charge in [-0.3, -0.25) is 4.57 Å². The Morgan fingerprint density at radius 3 is 2.75 bits per heavy atom. The smallest absolute Gasteiger partial charge is 0.192 e. The van der Waals surface area contributed by atoms with Crippen molar-refractivity contribution >= 4 is 31.6 Å². The number of ether oxygens (including phenoxy) is 2. The van der Waals surface area contributed by atoms with E-state index < -0.39 is 8.32 Å². The number of fused-ring (bicyclic) bond motifs is 1. The monoisotopic (exact) mass is 458 g/mol. The molecule has 0 amide bonds. The van der Waals surface area contributed by atoms with Gasteiger partial charge in [-0.15, -0.1) is 6.42 Å². The van der Waals surface area contributed by atoms with Gasteiger partial charge in [0.05, 0.1) is 25.4 Å². The fourth-order valence-electron chi connectivity index (χ4n) is 3.17. The lowest BCUT2D eigenvalue weighted by molar-refractivity contribution is -0.0529. The Bertz CT molecular complexity index is 992. The SMILES string of the molecule is C#CCO[C@@H]1C[C@H](n2cnc3c(N=CN(C)C)ncnc32)O[C@@H]1CO[Si](C)(C)C(C)(C)C. The number of aromatic nitrogens is 4. The van der Waals surface area contributed by atoms with Crippen molar-refractivity contribution in [2.75, 3.05) is 27.3 Å². The Labute approximate surface area is 191 Å². The van der Waals surface area contributed by atoms with Crippen LogP contribution in [0.25, 0.3) is 11.2 Å². The van der Waals surface area contributed by atoms with Crippen LogP contribution in [0.15, 0.2) is 17.6 Å². The van der Waals surface area contributed by atoms with Crippen LogP contribution in [-0.4, -0.2) is 78.6 Å². The number of rotatable bonds is 8. The second kappa shape index (κ2) is 9.66. The van der Waals surface area contributed by atoms with E-state index in [0.29, 0.717) is 30.0 Å². The van der Waals surface area contributed by atoms with Crippen LogP contribution in [0.5, 0.6) is 0 Å². The zero-order valence-corrected chi connectivity index (χ0v) is 21.1. The lowest BCUT2D eigenvalue weighted by atomic mass is 10.2. The van der Waals surface area contributed by atoms with Crippen molar-refractivity contribution in [1.82, 2.24) is 24.4 Å². The summed E-state index contributed by atoms with van der Waals surface area (Å²) < 4.78 is 20.6. The quantitative estimate of drug-likeness (QED) is 0.259. The highest BCUT2D eigenvalue weighted by Crippen LogP contribution is 2.38. The molecular weight excluding hydrogens is 424 g/mol. The van der Waals surface area contributed by atoms with E-state index in [2.05, 4.69) is 59.7 Å². The van der Waals surface area contributed by atoms with Crippen molar-refractivity contribution < 1.29 is 13.9 Å². The summed E-state index contributed by atoms with van der Waals surface area (Å²) in [5.74, 6) is 3.06. The van der Waals surface area contributed by atoms with E-state index in [0.717, 1.165) is 0 Å². The van der Waals surface area contributed by atoms with E-state index >= 15 is 0 Å². The zero-order chi connectivity index (χ0) is 23.5. The molecule has 1 aliphatic heterocycles. The highest BCUT2D eigenvalue weighted by atomic mass is 28.4. The van der Waals surface area contributed by atoms with E-state index in [-0.39, 0.29) is 30.1 Å². The molecule has 0 aliphatic carbocycles. The second-order valence-electron chi connectivity index (χ2n) is 9.72. The van der Waals surface area contributed by atoms with Crippen LogP contribution < -0.4 is 0 Å². The molecule has 174 valence electrons. The summed E-state index contributed by atoms with van der Waals surface area (Å²) in [6, 6.07) is 0. The number of aliphatic imine (C=N–C) groups is 1. The third-order valence-corrected chi connectivity index (χ3v) is 10.5. The van der Waals surface area contributed by atoms with E-state index in [4.69, 9.17) is 20.3 Å². The van der Waals surface area contributed by atoms with Gasteiger partial charge >= 0.3 is 0 Å². The van der Waals surface area contributed by atoms with Gasteiger partial charge in [0.15, 0.2) is 25.3 Å².